The molecule has 6 aromatic rings. The number of ether oxygens (including phenoxy) is 3. The van der Waals surface area contributed by atoms with Gasteiger partial charge in [0.1, 0.15) is 22.9 Å². The van der Waals surface area contributed by atoms with Gasteiger partial charge < -0.3 is 31.4 Å². The average molecular weight is 937 g/mol. The van der Waals surface area contributed by atoms with E-state index in [4.69, 9.17) is 31.4 Å². The van der Waals surface area contributed by atoms with Crippen LogP contribution in [0.1, 0.15) is 58.6 Å². The van der Waals surface area contributed by atoms with Gasteiger partial charge in [0.05, 0.1) is 73.2 Å². The summed E-state index contributed by atoms with van der Waals surface area (Å²) >= 11 is 0. The molecular formula is C51H60N12O6. The van der Waals surface area contributed by atoms with Gasteiger partial charge in [0.15, 0.2) is 11.6 Å². The van der Waals surface area contributed by atoms with Gasteiger partial charge in [-0.05, 0) is 90.6 Å². The van der Waals surface area contributed by atoms with Crippen molar-refractivity contribution < 1.29 is 28.6 Å². The highest BCUT2D eigenvalue weighted by atomic mass is 16.5. The molecule has 3 aromatic heterocycles. The molecule has 3 heterocycles. The summed E-state index contributed by atoms with van der Waals surface area (Å²) in [7, 11) is 0. The Morgan fingerprint density at radius 2 is 0.768 bits per heavy atom. The van der Waals surface area contributed by atoms with Gasteiger partial charge in [0.25, 0.3) is 0 Å². The number of nitrogens with two attached hydrogens (primary N) is 3. The summed E-state index contributed by atoms with van der Waals surface area (Å²) in [5, 5.41) is 24.6. The van der Waals surface area contributed by atoms with E-state index in [0.29, 0.717) is 71.4 Å². The Labute approximate surface area is 402 Å². The third-order valence-electron chi connectivity index (χ3n) is 8.68. The third-order valence-corrected chi connectivity index (χ3v) is 8.68. The Kier molecular flexibility index (Phi) is 22.2. The molecule has 0 amide bonds. The molecule has 0 aliphatic carbocycles. The van der Waals surface area contributed by atoms with Gasteiger partial charge in [-0.15, -0.1) is 15.3 Å². The fourth-order valence-electron chi connectivity index (χ4n) is 5.30. The van der Waals surface area contributed by atoms with E-state index >= 15 is 0 Å². The largest absolute Gasteiger partial charge is 0.465 e. The molecule has 0 saturated carbocycles. The molecule has 0 aliphatic heterocycles. The number of rotatable bonds is 18. The van der Waals surface area contributed by atoms with Crippen LogP contribution >= 0.6 is 0 Å². The van der Waals surface area contributed by atoms with Crippen molar-refractivity contribution in [1.29, 1.82) is 0 Å². The van der Waals surface area contributed by atoms with Gasteiger partial charge in [-0.3, -0.25) is 19.4 Å². The number of hydrogen-bond acceptors (Lipinski definition) is 18. The fraction of sp³-hybridized carbons (Fsp3) is 0.294. The number of azo groups is 3. The fourth-order valence-corrected chi connectivity index (χ4v) is 5.30. The standard InChI is InChI=1S/C23H29N3O4.C17H20N4O2.C11H11N5/c1-16(2)14-29-22(27)12-19-10-11-20(26-25-18-8-6-5-7-9-18)21(24-19)13-23(28)30-15-17(3)4;1-12(2)11-23-16(22)10-14-8-9-15(17(18)19-14)21-20-13-6-4-3-5-7-13;12-10-7-6-9(11(13)14-10)16-15-8-4-2-1-3-5-8/h5-11,16-17H,12-15H2,1-4H3;3-9,12H,10-11H2,1-2H3,(H2,18,19);1-7H,(H4,12,13,14). The Morgan fingerprint density at radius 3 is 1.16 bits per heavy atom. The molecule has 0 aliphatic rings. The summed E-state index contributed by atoms with van der Waals surface area (Å²) in [5.74, 6) is 0.613. The predicted molar refractivity (Wildman–Crippen MR) is 266 cm³/mol. The van der Waals surface area contributed by atoms with Crippen molar-refractivity contribution in [2.24, 2.45) is 48.4 Å². The van der Waals surface area contributed by atoms with Crippen LogP contribution in [0.5, 0.6) is 0 Å². The van der Waals surface area contributed by atoms with Crippen LogP contribution in [0.4, 0.5) is 51.6 Å². The third kappa shape index (κ3) is 21.3. The van der Waals surface area contributed by atoms with Gasteiger partial charge in [-0.25, -0.2) is 9.97 Å². The molecule has 18 heteroatoms. The highest BCUT2D eigenvalue weighted by molar-refractivity contribution is 5.75. The lowest BCUT2D eigenvalue weighted by atomic mass is 10.2. The molecule has 0 spiro atoms. The van der Waals surface area contributed by atoms with Gasteiger partial charge >= 0.3 is 17.9 Å². The molecule has 0 saturated heterocycles. The minimum atomic E-state index is -0.396. The average Bonchev–Trinajstić information content (AvgIpc) is 3.33. The lowest BCUT2D eigenvalue weighted by molar-refractivity contribution is -0.144. The van der Waals surface area contributed by atoms with Crippen LogP contribution in [0.15, 0.2) is 158 Å². The van der Waals surface area contributed by atoms with E-state index in [9.17, 15) is 14.4 Å². The molecule has 0 fully saturated rings. The van der Waals surface area contributed by atoms with E-state index in [2.05, 4.69) is 45.6 Å². The van der Waals surface area contributed by atoms with Crippen molar-refractivity contribution in [3.63, 3.8) is 0 Å². The summed E-state index contributed by atoms with van der Waals surface area (Å²) < 4.78 is 15.6. The minimum Gasteiger partial charge on any atom is -0.465 e. The molecule has 69 heavy (non-hydrogen) atoms. The Hall–Kier alpha value is -8.28. The molecule has 0 radical (unpaired) electrons. The smallest absolute Gasteiger partial charge is 0.311 e. The first-order valence-corrected chi connectivity index (χ1v) is 22.3. The lowest BCUT2D eigenvalue weighted by Crippen LogP contribution is -2.15. The second kappa shape index (κ2) is 28.7. The Bertz CT molecular complexity index is 2630. The van der Waals surface area contributed by atoms with Gasteiger partial charge in [-0.1, -0.05) is 96.1 Å². The Morgan fingerprint density at radius 1 is 0.420 bits per heavy atom. The summed E-state index contributed by atoms with van der Waals surface area (Å²) in [5.41, 5.74) is 22.1. The zero-order valence-electron chi connectivity index (χ0n) is 39.8. The zero-order valence-corrected chi connectivity index (χ0v) is 39.8. The second-order valence-electron chi connectivity index (χ2n) is 16.5. The SMILES string of the molecule is CC(C)COC(=O)Cc1ccc(N=Nc2ccccc2)c(CC(=O)OCC(C)C)n1.CC(C)COC(=O)Cc1ccc(N=Nc2ccccc2)c(N)n1.Nc1ccc(N=Nc2ccccc2)c(N)n1. The van der Waals surface area contributed by atoms with E-state index in [1.54, 1.807) is 36.4 Å². The molecule has 18 nitrogen and oxygen atoms in total. The molecule has 360 valence electrons. The monoisotopic (exact) mass is 936 g/mol. The van der Waals surface area contributed by atoms with Crippen molar-refractivity contribution in [3.05, 3.63) is 144 Å². The maximum Gasteiger partial charge on any atom is 0.311 e. The van der Waals surface area contributed by atoms with Gasteiger partial charge in [0.2, 0.25) is 0 Å². The van der Waals surface area contributed by atoms with Crippen molar-refractivity contribution >= 4 is 69.5 Å². The highest BCUT2D eigenvalue weighted by Crippen LogP contribution is 2.26. The molecule has 6 rings (SSSR count). The van der Waals surface area contributed by atoms with E-state index in [1.165, 1.54) is 0 Å². The first kappa shape index (κ1) is 53.3. The highest BCUT2D eigenvalue weighted by Gasteiger charge is 2.16. The van der Waals surface area contributed by atoms with Crippen LogP contribution in [-0.4, -0.2) is 52.7 Å². The molecule has 3 aromatic carbocycles. The van der Waals surface area contributed by atoms with Crippen molar-refractivity contribution in [3.8, 4) is 0 Å². The lowest BCUT2D eigenvalue weighted by Gasteiger charge is -2.10. The number of nitrogens with zero attached hydrogens (tertiary/aromatic N) is 9. The maximum absolute atomic E-state index is 12.2. The molecule has 0 unspecified atom stereocenters. The summed E-state index contributed by atoms with van der Waals surface area (Å²) in [4.78, 5) is 48.5. The molecule has 6 N–H and O–H groups in total. The minimum absolute atomic E-state index is 0.0247. The first-order chi connectivity index (χ1) is 33.1. The number of aromatic nitrogens is 3. The molecule has 0 atom stereocenters. The van der Waals surface area contributed by atoms with Crippen LogP contribution in [-0.2, 0) is 47.9 Å². The maximum atomic E-state index is 12.2. The number of carbonyl (C=O) groups excluding carboxylic acids is 3. The quantitative estimate of drug-likeness (QED) is 0.0412. The van der Waals surface area contributed by atoms with E-state index in [0.717, 1.165) is 11.4 Å². The van der Waals surface area contributed by atoms with Crippen LogP contribution < -0.4 is 17.2 Å². The number of esters is 3. The van der Waals surface area contributed by atoms with E-state index in [1.807, 2.05) is 133 Å². The zero-order chi connectivity index (χ0) is 50.0. The Balaban J connectivity index is 0.000000236. The number of hydrogen-bond donors (Lipinski definition) is 3. The van der Waals surface area contributed by atoms with Crippen LogP contribution in [0.3, 0.4) is 0 Å². The molecular weight excluding hydrogens is 877 g/mol. The normalized spacial score (nSPS) is 11.1. The summed E-state index contributed by atoms with van der Waals surface area (Å²) in [6.45, 7) is 12.9. The van der Waals surface area contributed by atoms with Crippen LogP contribution in [0.2, 0.25) is 0 Å². The van der Waals surface area contributed by atoms with Gasteiger partial charge in [0, 0.05) is 0 Å². The number of benzene rings is 3. The topological polar surface area (TPSA) is 270 Å². The first-order valence-electron chi connectivity index (χ1n) is 22.3. The number of anilines is 3. The number of carbonyl (C=O) groups is 3. The van der Waals surface area contributed by atoms with Crippen LogP contribution in [0, 0.1) is 17.8 Å². The summed E-state index contributed by atoms with van der Waals surface area (Å²) in [6, 6.07) is 38.1. The van der Waals surface area contributed by atoms with E-state index < -0.39 is 5.97 Å². The van der Waals surface area contributed by atoms with Gasteiger partial charge in [-0.2, -0.15) is 15.3 Å². The van der Waals surface area contributed by atoms with Crippen LogP contribution in [0.25, 0.3) is 0 Å². The predicted octanol–water partition coefficient (Wildman–Crippen LogP) is 11.5. The van der Waals surface area contributed by atoms with E-state index in [-0.39, 0.29) is 54.7 Å². The molecule has 0 bridgehead atoms. The van der Waals surface area contributed by atoms with Crippen molar-refractivity contribution in [2.75, 3.05) is 37.0 Å². The second-order valence-corrected chi connectivity index (χ2v) is 16.5. The number of nitrogen functional groups attached to an aromatic ring is 3. The number of pyridine rings is 3. The van der Waals surface area contributed by atoms with Crippen molar-refractivity contribution in [2.45, 2.75) is 60.8 Å². The van der Waals surface area contributed by atoms with Crippen molar-refractivity contribution in [1.82, 2.24) is 15.0 Å². The summed E-state index contributed by atoms with van der Waals surface area (Å²) in [6.07, 6.45) is 0.0641.